The Balaban J connectivity index is 2.17. The largest absolute Gasteiger partial charge is 0.398 e. The molecule has 1 aliphatic rings. The van der Waals surface area contributed by atoms with Crippen molar-refractivity contribution in [3.8, 4) is 0 Å². The average molecular weight is 381 g/mol. The maximum Gasteiger partial charge on any atom is 0.242 e. The minimum atomic E-state index is -3.90. The number of benzene rings is 1. The van der Waals surface area contributed by atoms with Crippen LogP contribution in [-0.4, -0.2) is 25.7 Å². The van der Waals surface area contributed by atoms with Gasteiger partial charge in [-0.2, -0.15) is 0 Å². The van der Waals surface area contributed by atoms with Gasteiger partial charge in [0.05, 0.1) is 15.8 Å². The summed E-state index contributed by atoms with van der Waals surface area (Å²) < 4.78 is 40.2. The smallest absolute Gasteiger partial charge is 0.242 e. The van der Waals surface area contributed by atoms with E-state index in [0.29, 0.717) is 12.8 Å². The van der Waals surface area contributed by atoms with Gasteiger partial charge in [0.2, 0.25) is 10.0 Å². The second kappa shape index (κ2) is 6.20. The zero-order valence-electron chi connectivity index (χ0n) is 11.4. The number of aliphatic hydroxyl groups is 1. The summed E-state index contributed by atoms with van der Waals surface area (Å²) in [5.41, 5.74) is 4.39. The number of rotatable bonds is 4. The van der Waals surface area contributed by atoms with E-state index < -0.39 is 21.4 Å². The maximum atomic E-state index is 13.3. The molecule has 8 heteroatoms. The lowest BCUT2D eigenvalue weighted by atomic mass is 9.85. The van der Waals surface area contributed by atoms with E-state index in [2.05, 4.69) is 20.7 Å². The normalized spacial score (nSPS) is 18.6. The summed E-state index contributed by atoms with van der Waals surface area (Å²) in [6.07, 6.45) is 3.94. The zero-order chi connectivity index (χ0) is 15.7. The summed E-state index contributed by atoms with van der Waals surface area (Å²) in [5, 5.41) is 10.3. The Bertz CT molecular complexity index is 631. The zero-order valence-corrected chi connectivity index (χ0v) is 13.8. The molecule has 0 bridgehead atoms. The number of anilines is 1. The van der Waals surface area contributed by atoms with Crippen molar-refractivity contribution in [3.63, 3.8) is 0 Å². The van der Waals surface area contributed by atoms with Crippen molar-refractivity contribution < 1.29 is 17.9 Å². The molecule has 118 valence electrons. The quantitative estimate of drug-likeness (QED) is 0.697. The van der Waals surface area contributed by atoms with E-state index in [1.54, 1.807) is 0 Å². The van der Waals surface area contributed by atoms with Gasteiger partial charge in [0.15, 0.2) is 0 Å². The highest BCUT2D eigenvalue weighted by Crippen LogP contribution is 2.29. The van der Waals surface area contributed by atoms with E-state index in [-0.39, 0.29) is 21.6 Å². The van der Waals surface area contributed by atoms with Crippen LogP contribution < -0.4 is 10.5 Å². The summed E-state index contributed by atoms with van der Waals surface area (Å²) in [5.74, 6) is -0.627. The molecule has 21 heavy (non-hydrogen) atoms. The van der Waals surface area contributed by atoms with Gasteiger partial charge in [0.1, 0.15) is 10.7 Å². The second-order valence-corrected chi connectivity index (χ2v) is 8.00. The highest BCUT2D eigenvalue weighted by molar-refractivity contribution is 9.10. The Morgan fingerprint density at radius 1 is 1.33 bits per heavy atom. The average Bonchev–Trinajstić information content (AvgIpc) is 2.42. The fraction of sp³-hybridized carbons (Fsp3) is 0.538. The Hall–Kier alpha value is -0.700. The van der Waals surface area contributed by atoms with E-state index in [9.17, 15) is 17.9 Å². The summed E-state index contributed by atoms with van der Waals surface area (Å²) in [6.45, 7) is -0.0657. The topological polar surface area (TPSA) is 92.4 Å². The molecule has 0 amide bonds. The van der Waals surface area contributed by atoms with Crippen molar-refractivity contribution in [3.05, 3.63) is 22.4 Å². The first-order valence-electron chi connectivity index (χ1n) is 6.70. The van der Waals surface area contributed by atoms with Crippen LogP contribution >= 0.6 is 15.9 Å². The standard InChI is InChI=1S/C13H18BrFN2O3S/c14-9-6-12(11(16)7-10(9)15)21(19,20)17-8-13(18)4-2-1-3-5-13/h6-7,17-18H,1-5,8,16H2. The molecular weight excluding hydrogens is 363 g/mol. The summed E-state index contributed by atoms with van der Waals surface area (Å²) >= 11 is 2.94. The number of hydrogen-bond donors (Lipinski definition) is 3. The molecule has 5 nitrogen and oxygen atoms in total. The highest BCUT2D eigenvalue weighted by atomic mass is 79.9. The molecule has 1 aliphatic carbocycles. The van der Waals surface area contributed by atoms with Crippen molar-refractivity contribution >= 4 is 31.6 Å². The van der Waals surface area contributed by atoms with Gasteiger partial charge in [-0.05, 0) is 40.9 Å². The molecule has 4 N–H and O–H groups in total. The number of nitrogen functional groups attached to an aromatic ring is 1. The second-order valence-electron chi connectivity index (χ2n) is 5.41. The first-order chi connectivity index (χ1) is 9.73. The predicted octanol–water partition coefficient (Wildman–Crippen LogP) is 2.14. The Kier molecular flexibility index (Phi) is 4.92. The molecule has 1 saturated carbocycles. The SMILES string of the molecule is Nc1cc(F)c(Br)cc1S(=O)(=O)NCC1(O)CCCCC1. The van der Waals surface area contributed by atoms with Gasteiger partial charge in [-0.25, -0.2) is 17.5 Å². The van der Waals surface area contributed by atoms with Crippen LogP contribution in [0.25, 0.3) is 0 Å². The molecule has 1 fully saturated rings. The van der Waals surface area contributed by atoms with Gasteiger partial charge >= 0.3 is 0 Å². The van der Waals surface area contributed by atoms with Gasteiger partial charge < -0.3 is 10.8 Å². The van der Waals surface area contributed by atoms with E-state index in [1.807, 2.05) is 0 Å². The molecule has 0 atom stereocenters. The lowest BCUT2D eigenvalue weighted by Gasteiger charge is -2.32. The Morgan fingerprint density at radius 2 is 1.95 bits per heavy atom. The fourth-order valence-corrected chi connectivity index (χ4v) is 4.22. The van der Waals surface area contributed by atoms with Crippen LogP contribution in [0, 0.1) is 5.82 Å². The van der Waals surface area contributed by atoms with Crippen molar-refractivity contribution in [1.82, 2.24) is 4.72 Å². The maximum absolute atomic E-state index is 13.3. The third-order valence-corrected chi connectivity index (χ3v) is 5.78. The Labute approximate surface area is 131 Å². The number of nitrogens with one attached hydrogen (secondary N) is 1. The lowest BCUT2D eigenvalue weighted by molar-refractivity contribution is 0.00945. The van der Waals surface area contributed by atoms with Gasteiger partial charge in [-0.3, -0.25) is 0 Å². The molecule has 0 aromatic heterocycles. The van der Waals surface area contributed by atoms with Gasteiger partial charge in [-0.1, -0.05) is 19.3 Å². The molecule has 0 radical (unpaired) electrons. The van der Waals surface area contributed by atoms with Crippen LogP contribution in [0.1, 0.15) is 32.1 Å². The van der Waals surface area contributed by atoms with Crippen molar-refractivity contribution in [2.45, 2.75) is 42.6 Å². The fourth-order valence-electron chi connectivity index (χ4n) is 2.47. The van der Waals surface area contributed by atoms with Crippen LogP contribution in [0.3, 0.4) is 0 Å². The minimum absolute atomic E-state index is 0.0217. The van der Waals surface area contributed by atoms with E-state index >= 15 is 0 Å². The summed E-state index contributed by atoms with van der Waals surface area (Å²) in [6, 6.07) is 2.08. The number of nitrogens with two attached hydrogens (primary N) is 1. The van der Waals surface area contributed by atoms with Crippen molar-refractivity contribution in [2.75, 3.05) is 12.3 Å². The monoisotopic (exact) mass is 380 g/mol. The van der Waals surface area contributed by atoms with Crippen molar-refractivity contribution in [1.29, 1.82) is 0 Å². The van der Waals surface area contributed by atoms with E-state index in [0.717, 1.165) is 31.4 Å². The predicted molar refractivity (Wildman–Crippen MR) is 81.7 cm³/mol. The summed E-state index contributed by atoms with van der Waals surface area (Å²) in [4.78, 5) is -0.199. The molecule has 1 aromatic rings. The van der Waals surface area contributed by atoms with Gasteiger partial charge in [0, 0.05) is 6.54 Å². The molecule has 0 spiro atoms. The van der Waals surface area contributed by atoms with Crippen molar-refractivity contribution in [2.24, 2.45) is 0 Å². The molecule has 0 unspecified atom stereocenters. The van der Waals surface area contributed by atoms with Crippen LogP contribution in [0.2, 0.25) is 0 Å². The molecule has 0 heterocycles. The van der Waals surface area contributed by atoms with Crippen LogP contribution in [-0.2, 0) is 10.0 Å². The third-order valence-electron chi connectivity index (χ3n) is 3.72. The van der Waals surface area contributed by atoms with Gasteiger partial charge in [0.25, 0.3) is 0 Å². The van der Waals surface area contributed by atoms with Crippen LogP contribution in [0.15, 0.2) is 21.5 Å². The van der Waals surface area contributed by atoms with E-state index in [1.165, 1.54) is 0 Å². The first kappa shape index (κ1) is 16.7. The minimum Gasteiger partial charge on any atom is -0.398 e. The molecule has 1 aromatic carbocycles. The van der Waals surface area contributed by atoms with Crippen LogP contribution in [0.5, 0.6) is 0 Å². The summed E-state index contributed by atoms with van der Waals surface area (Å²) in [7, 11) is -3.90. The number of halogens is 2. The molecule has 0 aliphatic heterocycles. The Morgan fingerprint density at radius 3 is 2.57 bits per heavy atom. The van der Waals surface area contributed by atoms with Gasteiger partial charge in [-0.15, -0.1) is 0 Å². The van der Waals surface area contributed by atoms with E-state index in [4.69, 9.17) is 5.73 Å². The number of sulfonamides is 1. The molecule has 2 rings (SSSR count). The lowest BCUT2D eigenvalue weighted by Crippen LogP contribution is -2.44. The molecular formula is C13H18BrFN2O3S. The molecule has 0 saturated heterocycles. The third kappa shape index (κ3) is 3.94. The highest BCUT2D eigenvalue weighted by Gasteiger charge is 2.31. The number of hydrogen-bond acceptors (Lipinski definition) is 4. The van der Waals surface area contributed by atoms with Crippen LogP contribution in [0.4, 0.5) is 10.1 Å². The first-order valence-corrected chi connectivity index (χ1v) is 8.98.